The average Bonchev–Trinajstić information content (AvgIpc) is 3.05. The topological polar surface area (TPSA) is 90.0 Å². The molecule has 2 aromatic carbocycles. The molecular weight excluding hydrogens is 410 g/mol. The molecule has 3 rings (SSSR count). The zero-order valence-corrected chi connectivity index (χ0v) is 18.4. The van der Waals surface area contributed by atoms with Gasteiger partial charge in [-0.05, 0) is 56.0 Å². The van der Waals surface area contributed by atoms with Crippen LogP contribution in [0.15, 0.2) is 42.5 Å². The Hall–Kier alpha value is -3.48. The molecule has 7 nitrogen and oxygen atoms in total. The first-order valence-corrected chi connectivity index (χ1v) is 10.8. The molecule has 168 valence electrons. The predicted octanol–water partition coefficient (Wildman–Crippen LogP) is 3.84. The van der Waals surface area contributed by atoms with Crippen LogP contribution < -0.4 is 4.74 Å². The molecule has 0 N–H and O–H groups in total. The molecule has 0 fully saturated rings. The lowest BCUT2D eigenvalue weighted by Crippen LogP contribution is -2.30. The SMILES string of the molecule is CCOC(=O)CCc1ccc(OC)c(C(=O)CCCCN2C(=O)c3ccccc3C2=O)c1. The Labute approximate surface area is 187 Å². The molecule has 32 heavy (non-hydrogen) atoms. The van der Waals surface area contributed by atoms with E-state index in [9.17, 15) is 19.2 Å². The van der Waals surface area contributed by atoms with Crippen molar-refractivity contribution in [3.63, 3.8) is 0 Å². The maximum absolute atomic E-state index is 12.8. The molecule has 0 aromatic heterocycles. The van der Waals surface area contributed by atoms with Gasteiger partial charge in [-0.2, -0.15) is 0 Å². The normalized spacial score (nSPS) is 12.6. The van der Waals surface area contributed by atoms with E-state index in [4.69, 9.17) is 9.47 Å². The molecule has 1 aliphatic heterocycles. The second kappa shape index (κ2) is 10.7. The van der Waals surface area contributed by atoms with Crippen molar-refractivity contribution >= 4 is 23.6 Å². The van der Waals surface area contributed by atoms with E-state index in [1.165, 1.54) is 12.0 Å². The van der Waals surface area contributed by atoms with Gasteiger partial charge in [-0.3, -0.25) is 24.1 Å². The Morgan fingerprint density at radius 2 is 1.62 bits per heavy atom. The summed E-state index contributed by atoms with van der Waals surface area (Å²) >= 11 is 0. The predicted molar refractivity (Wildman–Crippen MR) is 118 cm³/mol. The molecule has 0 saturated heterocycles. The molecule has 0 atom stereocenters. The number of carbonyl (C=O) groups excluding carboxylic acids is 4. The number of ketones is 1. The van der Waals surface area contributed by atoms with Crippen molar-refractivity contribution in [3.8, 4) is 5.75 Å². The van der Waals surface area contributed by atoms with E-state index in [2.05, 4.69) is 0 Å². The van der Waals surface area contributed by atoms with E-state index >= 15 is 0 Å². The van der Waals surface area contributed by atoms with E-state index < -0.39 is 0 Å². The number of hydrogen-bond donors (Lipinski definition) is 0. The van der Waals surface area contributed by atoms with Crippen LogP contribution in [0.3, 0.4) is 0 Å². The number of nitrogens with zero attached hydrogens (tertiary/aromatic N) is 1. The molecular formula is C25H27NO6. The van der Waals surface area contributed by atoms with Crippen molar-refractivity contribution in [2.75, 3.05) is 20.3 Å². The van der Waals surface area contributed by atoms with E-state index in [-0.39, 0.29) is 43.0 Å². The molecule has 0 bridgehead atoms. The molecule has 7 heteroatoms. The Balaban J connectivity index is 1.54. The van der Waals surface area contributed by atoms with Crippen LogP contribution in [-0.4, -0.2) is 48.7 Å². The fourth-order valence-electron chi connectivity index (χ4n) is 3.74. The summed E-state index contributed by atoms with van der Waals surface area (Å²) in [7, 11) is 1.51. The van der Waals surface area contributed by atoms with Crippen molar-refractivity contribution in [1.82, 2.24) is 4.90 Å². The van der Waals surface area contributed by atoms with Gasteiger partial charge >= 0.3 is 5.97 Å². The molecule has 2 amide bonds. The second-order valence-electron chi connectivity index (χ2n) is 7.53. The van der Waals surface area contributed by atoms with Crippen LogP contribution in [0.5, 0.6) is 5.75 Å². The fraction of sp³-hybridized carbons (Fsp3) is 0.360. The van der Waals surface area contributed by atoms with Crippen LogP contribution in [0.4, 0.5) is 0 Å². The van der Waals surface area contributed by atoms with Crippen LogP contribution in [0.25, 0.3) is 0 Å². The summed E-state index contributed by atoms with van der Waals surface area (Å²) in [6.45, 7) is 2.37. The largest absolute Gasteiger partial charge is 0.496 e. The number of esters is 1. The lowest BCUT2D eigenvalue weighted by Gasteiger charge is -2.14. The summed E-state index contributed by atoms with van der Waals surface area (Å²) < 4.78 is 10.3. The summed E-state index contributed by atoms with van der Waals surface area (Å²) in [4.78, 5) is 50.5. The Morgan fingerprint density at radius 3 is 2.25 bits per heavy atom. The van der Waals surface area contributed by atoms with E-state index in [0.717, 1.165) is 5.56 Å². The first-order chi connectivity index (χ1) is 15.5. The minimum atomic E-state index is -0.284. The van der Waals surface area contributed by atoms with Gasteiger partial charge in [0.2, 0.25) is 0 Å². The molecule has 1 aliphatic rings. The van der Waals surface area contributed by atoms with Gasteiger partial charge in [0.05, 0.1) is 30.4 Å². The van der Waals surface area contributed by atoms with Gasteiger partial charge in [-0.15, -0.1) is 0 Å². The number of aryl methyl sites for hydroxylation is 1. The lowest BCUT2D eigenvalue weighted by atomic mass is 10.00. The van der Waals surface area contributed by atoms with E-state index in [1.807, 2.05) is 6.07 Å². The Morgan fingerprint density at radius 1 is 0.938 bits per heavy atom. The summed E-state index contributed by atoms with van der Waals surface area (Å²) in [5.74, 6) is -0.442. The monoisotopic (exact) mass is 437 g/mol. The quantitative estimate of drug-likeness (QED) is 0.230. The smallest absolute Gasteiger partial charge is 0.306 e. The number of Topliss-reactive ketones (excluding diaryl/α,β-unsaturated/α-hetero) is 1. The number of amides is 2. The minimum Gasteiger partial charge on any atom is -0.496 e. The minimum absolute atomic E-state index is 0.0813. The third-order valence-corrected chi connectivity index (χ3v) is 5.40. The van der Waals surface area contributed by atoms with Crippen LogP contribution in [0, 0.1) is 0 Å². The lowest BCUT2D eigenvalue weighted by molar-refractivity contribution is -0.143. The van der Waals surface area contributed by atoms with Crippen LogP contribution in [0.2, 0.25) is 0 Å². The maximum atomic E-state index is 12.8. The molecule has 0 saturated carbocycles. The number of hydrogen-bond acceptors (Lipinski definition) is 6. The van der Waals surface area contributed by atoms with Gasteiger partial charge in [0.15, 0.2) is 5.78 Å². The van der Waals surface area contributed by atoms with E-state index in [1.54, 1.807) is 43.3 Å². The van der Waals surface area contributed by atoms with Gasteiger partial charge in [-0.1, -0.05) is 18.2 Å². The third kappa shape index (κ3) is 5.22. The number of ether oxygens (including phenoxy) is 2. The van der Waals surface area contributed by atoms with Gasteiger partial charge in [0.1, 0.15) is 5.75 Å². The number of methoxy groups -OCH3 is 1. The fourth-order valence-corrected chi connectivity index (χ4v) is 3.74. The highest BCUT2D eigenvalue weighted by molar-refractivity contribution is 6.21. The second-order valence-corrected chi connectivity index (χ2v) is 7.53. The van der Waals surface area contributed by atoms with Gasteiger partial charge < -0.3 is 9.47 Å². The van der Waals surface area contributed by atoms with E-state index in [0.29, 0.717) is 48.3 Å². The van der Waals surface area contributed by atoms with Crippen molar-refractivity contribution in [2.45, 2.75) is 39.0 Å². The first-order valence-electron chi connectivity index (χ1n) is 10.8. The molecule has 0 spiro atoms. The standard InChI is InChI=1S/C25H27NO6/c1-3-32-23(28)14-12-17-11-13-22(31-2)20(16-17)21(27)10-6-7-15-26-24(29)18-8-4-5-9-19(18)25(26)30/h4-5,8-9,11,13,16H,3,6-7,10,12,14-15H2,1-2H3. The van der Waals surface area contributed by atoms with Crippen molar-refractivity contribution in [1.29, 1.82) is 0 Å². The van der Waals surface area contributed by atoms with Crippen molar-refractivity contribution in [2.24, 2.45) is 0 Å². The molecule has 0 radical (unpaired) electrons. The highest BCUT2D eigenvalue weighted by Crippen LogP contribution is 2.25. The van der Waals surface area contributed by atoms with Gasteiger partial charge in [0, 0.05) is 19.4 Å². The number of fused-ring (bicyclic) bond motifs is 1. The zero-order valence-electron chi connectivity index (χ0n) is 18.4. The molecule has 0 unspecified atom stereocenters. The number of carbonyl (C=O) groups is 4. The number of imide groups is 1. The summed E-state index contributed by atoms with van der Waals surface area (Å²) in [6.07, 6.45) is 2.04. The Kier molecular flexibility index (Phi) is 7.76. The van der Waals surface area contributed by atoms with Crippen LogP contribution >= 0.6 is 0 Å². The first kappa shape index (κ1) is 23.2. The summed E-state index contributed by atoms with van der Waals surface area (Å²) in [5, 5.41) is 0. The number of rotatable bonds is 11. The highest BCUT2D eigenvalue weighted by atomic mass is 16.5. The maximum Gasteiger partial charge on any atom is 0.306 e. The molecule has 2 aromatic rings. The number of benzene rings is 2. The van der Waals surface area contributed by atoms with Gasteiger partial charge in [0.25, 0.3) is 11.8 Å². The third-order valence-electron chi connectivity index (χ3n) is 5.40. The van der Waals surface area contributed by atoms with Crippen LogP contribution in [-0.2, 0) is 16.0 Å². The van der Waals surface area contributed by atoms with Gasteiger partial charge in [-0.25, -0.2) is 0 Å². The summed E-state index contributed by atoms with van der Waals surface area (Å²) in [6, 6.07) is 12.1. The zero-order chi connectivity index (χ0) is 23.1. The number of unbranched alkanes of at least 4 members (excludes halogenated alkanes) is 1. The van der Waals surface area contributed by atoms with Crippen molar-refractivity contribution < 1.29 is 28.7 Å². The highest BCUT2D eigenvalue weighted by Gasteiger charge is 2.34. The van der Waals surface area contributed by atoms with Crippen molar-refractivity contribution in [3.05, 3.63) is 64.7 Å². The Bertz CT molecular complexity index is 994. The summed E-state index contributed by atoms with van der Waals surface area (Å²) in [5.41, 5.74) is 2.18. The molecule has 0 aliphatic carbocycles. The van der Waals surface area contributed by atoms with Crippen LogP contribution in [0.1, 0.15) is 69.2 Å². The molecule has 1 heterocycles. The average molecular weight is 437 g/mol.